The molecule has 4 nitrogen and oxygen atoms in total. The fraction of sp³-hybridized carbons (Fsp3) is 0.682. The van der Waals surface area contributed by atoms with Crippen LogP contribution in [0, 0.1) is 11.8 Å². The van der Waals surface area contributed by atoms with Gasteiger partial charge in [-0.25, -0.2) is 0 Å². The summed E-state index contributed by atoms with van der Waals surface area (Å²) in [6, 6.07) is 6.11. The average Bonchev–Trinajstić information content (AvgIpc) is 3.43. The maximum atomic E-state index is 12.8. The topological polar surface area (TPSA) is 49.8 Å². The van der Waals surface area contributed by atoms with E-state index in [4.69, 9.17) is 4.74 Å². The van der Waals surface area contributed by atoms with Gasteiger partial charge in [0.05, 0.1) is 5.60 Å². The molecule has 1 saturated heterocycles. The van der Waals surface area contributed by atoms with E-state index in [1.165, 1.54) is 30.5 Å². The van der Waals surface area contributed by atoms with Gasteiger partial charge in [-0.2, -0.15) is 0 Å². The van der Waals surface area contributed by atoms with Crippen LogP contribution in [0.15, 0.2) is 18.2 Å². The summed E-state index contributed by atoms with van der Waals surface area (Å²) in [5.74, 6) is 1.54. The van der Waals surface area contributed by atoms with Crippen LogP contribution in [0.2, 0.25) is 0 Å². The summed E-state index contributed by atoms with van der Waals surface area (Å²) in [5, 5.41) is 10.2. The maximum Gasteiger partial charge on any atom is 0.136 e. The van der Waals surface area contributed by atoms with E-state index in [0.29, 0.717) is 24.0 Å². The Balaban J connectivity index is 1.69. The van der Waals surface area contributed by atoms with Crippen LogP contribution >= 0.6 is 0 Å². The van der Waals surface area contributed by atoms with Crippen LogP contribution < -0.4 is 0 Å². The monoisotopic (exact) mass is 355 g/mol. The first-order valence-electron chi connectivity index (χ1n) is 10.1. The molecule has 3 aliphatic carbocycles. The van der Waals surface area contributed by atoms with E-state index in [-0.39, 0.29) is 16.9 Å². The predicted molar refractivity (Wildman–Crippen MR) is 99.3 cm³/mol. The Bertz CT molecular complexity index is 758. The molecule has 1 N–H and O–H groups in total. The van der Waals surface area contributed by atoms with E-state index in [0.717, 1.165) is 31.7 Å². The van der Waals surface area contributed by atoms with Crippen LogP contribution in [0.4, 0.5) is 0 Å². The summed E-state index contributed by atoms with van der Waals surface area (Å²) in [5.41, 5.74) is 1.85. The zero-order valence-corrected chi connectivity index (χ0v) is 15.8. The third-order valence-corrected chi connectivity index (χ3v) is 7.83. The van der Waals surface area contributed by atoms with E-state index >= 15 is 0 Å². The van der Waals surface area contributed by atoms with Crippen molar-refractivity contribution < 1.29 is 14.6 Å². The molecule has 0 spiro atoms. The molecular formula is C22H29NO3. The highest BCUT2D eigenvalue weighted by atomic mass is 16.5. The molecule has 3 fully saturated rings. The van der Waals surface area contributed by atoms with Gasteiger partial charge in [0.15, 0.2) is 0 Å². The molecule has 0 aromatic heterocycles. The number of rotatable bonds is 3. The van der Waals surface area contributed by atoms with Crippen molar-refractivity contribution in [1.29, 1.82) is 0 Å². The molecule has 5 rings (SSSR count). The van der Waals surface area contributed by atoms with E-state index in [2.05, 4.69) is 17.9 Å². The van der Waals surface area contributed by atoms with Gasteiger partial charge in [-0.15, -0.1) is 0 Å². The number of nitrogens with zero attached hydrogens (tertiary/aromatic N) is 1. The second-order valence-electron chi connectivity index (χ2n) is 9.17. The zero-order valence-electron chi connectivity index (χ0n) is 15.8. The SMILES string of the molecule is COC12C[C@H](C)C(=O)C[C@@]13CCN(CC1CC1)[C@@H]2Cc1ccc(O)cc13. The van der Waals surface area contributed by atoms with E-state index < -0.39 is 0 Å². The molecule has 1 heterocycles. The molecule has 4 aliphatic rings. The first kappa shape index (κ1) is 16.8. The number of benzene rings is 1. The van der Waals surface area contributed by atoms with Crippen LogP contribution in [-0.4, -0.2) is 47.6 Å². The summed E-state index contributed by atoms with van der Waals surface area (Å²) >= 11 is 0. The van der Waals surface area contributed by atoms with Gasteiger partial charge in [0.1, 0.15) is 11.5 Å². The lowest BCUT2D eigenvalue weighted by atomic mass is 9.48. The van der Waals surface area contributed by atoms with Gasteiger partial charge in [-0.3, -0.25) is 9.69 Å². The number of hydrogen-bond acceptors (Lipinski definition) is 4. The van der Waals surface area contributed by atoms with Gasteiger partial charge in [-0.05, 0) is 67.8 Å². The Morgan fingerprint density at radius 3 is 2.88 bits per heavy atom. The normalized spacial score (nSPS) is 39.4. The lowest BCUT2D eigenvalue weighted by molar-refractivity contribution is -0.194. The molecule has 26 heavy (non-hydrogen) atoms. The van der Waals surface area contributed by atoms with Crippen molar-refractivity contribution in [3.05, 3.63) is 29.3 Å². The number of ketones is 1. The fourth-order valence-electron chi connectivity index (χ4n) is 6.34. The number of piperidine rings is 1. The van der Waals surface area contributed by atoms with Gasteiger partial charge in [-0.1, -0.05) is 13.0 Å². The highest BCUT2D eigenvalue weighted by molar-refractivity contribution is 5.84. The Hall–Kier alpha value is -1.39. The molecule has 4 heteroatoms. The van der Waals surface area contributed by atoms with Crippen molar-refractivity contribution in [3.8, 4) is 5.75 Å². The Morgan fingerprint density at radius 2 is 2.15 bits per heavy atom. The number of Topliss-reactive ketones (excluding diaryl/α,β-unsaturated/α-hetero) is 1. The standard InChI is InChI=1S/C22H29NO3/c1-14-11-22(26-2)20-9-16-5-6-17(24)10-18(16)21(22,12-19(14)25)7-8-23(20)13-15-3-4-15/h5-6,10,14-15,20,24H,3-4,7-9,11-13H2,1-2H3/t14-,20+,21+,22?/m0/s1. The average molecular weight is 355 g/mol. The van der Waals surface area contributed by atoms with Crippen LogP contribution in [0.3, 0.4) is 0 Å². The third-order valence-electron chi connectivity index (χ3n) is 7.83. The zero-order chi connectivity index (χ0) is 18.1. The minimum Gasteiger partial charge on any atom is -0.508 e. The highest BCUT2D eigenvalue weighted by Crippen LogP contribution is 2.60. The number of fused-ring (bicyclic) bond motifs is 1. The van der Waals surface area contributed by atoms with Crippen molar-refractivity contribution in [3.63, 3.8) is 0 Å². The second-order valence-corrected chi connectivity index (χ2v) is 9.17. The summed E-state index contributed by atoms with van der Waals surface area (Å²) < 4.78 is 6.41. The minimum absolute atomic E-state index is 0.0466. The molecule has 1 aliphatic heterocycles. The number of phenols is 1. The highest BCUT2D eigenvalue weighted by Gasteiger charge is 2.67. The maximum absolute atomic E-state index is 12.8. The van der Waals surface area contributed by atoms with Crippen molar-refractivity contribution in [2.24, 2.45) is 11.8 Å². The molecule has 4 atom stereocenters. The molecule has 2 saturated carbocycles. The molecular weight excluding hydrogens is 326 g/mol. The molecule has 2 bridgehead atoms. The Morgan fingerprint density at radius 1 is 1.35 bits per heavy atom. The number of ether oxygens (including phenoxy) is 1. The summed E-state index contributed by atoms with van der Waals surface area (Å²) in [4.78, 5) is 15.5. The van der Waals surface area contributed by atoms with Crippen LogP contribution in [-0.2, 0) is 21.4 Å². The quantitative estimate of drug-likeness (QED) is 0.905. The van der Waals surface area contributed by atoms with Crippen LogP contribution in [0.5, 0.6) is 5.75 Å². The van der Waals surface area contributed by atoms with Gasteiger partial charge in [0.25, 0.3) is 0 Å². The largest absolute Gasteiger partial charge is 0.508 e. The predicted octanol–water partition coefficient (Wildman–Crippen LogP) is 3.05. The minimum atomic E-state index is -0.325. The summed E-state index contributed by atoms with van der Waals surface area (Å²) in [6.45, 7) is 4.26. The number of hydrogen-bond donors (Lipinski definition) is 1. The molecule has 0 radical (unpaired) electrons. The van der Waals surface area contributed by atoms with Gasteiger partial charge in [0, 0.05) is 37.5 Å². The Kier molecular flexibility index (Phi) is 3.58. The van der Waals surface area contributed by atoms with Gasteiger partial charge >= 0.3 is 0 Å². The van der Waals surface area contributed by atoms with Crippen molar-refractivity contribution in [2.75, 3.05) is 20.2 Å². The van der Waals surface area contributed by atoms with Crippen molar-refractivity contribution in [1.82, 2.24) is 4.90 Å². The number of carbonyl (C=O) groups is 1. The lowest BCUT2D eigenvalue weighted by Gasteiger charge is -2.65. The number of aromatic hydroxyl groups is 1. The molecule has 1 aromatic rings. The first-order valence-corrected chi connectivity index (χ1v) is 10.1. The number of likely N-dealkylation sites (tertiary alicyclic amines) is 1. The lowest BCUT2D eigenvalue weighted by Crippen LogP contribution is -2.74. The summed E-state index contributed by atoms with van der Waals surface area (Å²) in [6.07, 6.45) is 5.95. The molecule has 0 amide bonds. The van der Waals surface area contributed by atoms with Crippen molar-refractivity contribution >= 4 is 5.78 Å². The van der Waals surface area contributed by atoms with Gasteiger partial charge < -0.3 is 9.84 Å². The Labute approximate surface area is 155 Å². The number of methoxy groups -OCH3 is 1. The first-order chi connectivity index (χ1) is 12.5. The van der Waals surface area contributed by atoms with Crippen LogP contribution in [0.25, 0.3) is 0 Å². The molecule has 1 aromatic carbocycles. The number of phenolic OH excluding ortho intramolecular Hbond substituents is 1. The second kappa shape index (κ2) is 5.56. The van der Waals surface area contributed by atoms with Gasteiger partial charge in [0.2, 0.25) is 0 Å². The molecule has 1 unspecified atom stereocenters. The van der Waals surface area contributed by atoms with Crippen molar-refractivity contribution in [2.45, 2.75) is 62.5 Å². The molecule has 140 valence electrons. The van der Waals surface area contributed by atoms with E-state index in [9.17, 15) is 9.90 Å². The third kappa shape index (κ3) is 2.12. The van der Waals surface area contributed by atoms with E-state index in [1.54, 1.807) is 6.07 Å². The fourth-order valence-corrected chi connectivity index (χ4v) is 6.34. The smallest absolute Gasteiger partial charge is 0.136 e. The number of carbonyl (C=O) groups excluding carboxylic acids is 1. The summed E-state index contributed by atoms with van der Waals surface area (Å²) in [7, 11) is 1.85. The van der Waals surface area contributed by atoms with Crippen LogP contribution in [0.1, 0.15) is 50.2 Å². The van der Waals surface area contributed by atoms with E-state index in [1.807, 2.05) is 13.2 Å².